The van der Waals surface area contributed by atoms with Gasteiger partial charge in [0.05, 0.1) is 12.3 Å². The normalized spacial score (nSPS) is 20.2. The van der Waals surface area contributed by atoms with Gasteiger partial charge >= 0.3 is 0 Å². The van der Waals surface area contributed by atoms with E-state index in [1.54, 1.807) is 0 Å². The Morgan fingerprint density at radius 3 is 2.83 bits per heavy atom. The van der Waals surface area contributed by atoms with Crippen LogP contribution in [0, 0.1) is 0 Å². The Morgan fingerprint density at radius 2 is 2.07 bits per heavy atom. The van der Waals surface area contributed by atoms with Crippen LogP contribution in [0.2, 0.25) is 0 Å². The number of carbonyl (C=O) groups is 2. The Morgan fingerprint density at radius 1 is 1.30 bits per heavy atom. The number of amides is 2. The summed E-state index contributed by atoms with van der Waals surface area (Å²) in [5.74, 6) is 1.57. The lowest BCUT2D eigenvalue weighted by Crippen LogP contribution is -2.44. The van der Waals surface area contributed by atoms with Crippen molar-refractivity contribution in [3.8, 4) is 5.75 Å². The van der Waals surface area contributed by atoms with Crippen LogP contribution in [0.25, 0.3) is 0 Å². The number of hydrogen-bond donors (Lipinski definition) is 1. The molecule has 1 aliphatic carbocycles. The highest BCUT2D eigenvalue weighted by molar-refractivity contribution is 6.09. The van der Waals surface area contributed by atoms with Crippen LogP contribution in [-0.2, 0) is 16.1 Å². The monoisotopic (exact) mass is 412 g/mol. The maximum absolute atomic E-state index is 12.5. The number of aliphatic imine (C=N–C) groups is 1. The van der Waals surface area contributed by atoms with Crippen molar-refractivity contribution in [3.05, 3.63) is 23.8 Å². The van der Waals surface area contributed by atoms with Gasteiger partial charge in [-0.05, 0) is 51.3 Å². The molecule has 2 aliphatic heterocycles. The predicted octanol–water partition coefficient (Wildman–Crippen LogP) is 3.35. The number of ether oxygens (including phenoxy) is 1. The molecule has 162 valence electrons. The minimum Gasteiger partial charge on any atom is -0.494 e. The lowest BCUT2D eigenvalue weighted by molar-refractivity contribution is -0.132. The molecule has 30 heavy (non-hydrogen) atoms. The van der Waals surface area contributed by atoms with Gasteiger partial charge in [-0.2, -0.15) is 0 Å². The molecule has 0 unspecified atom stereocenters. The van der Waals surface area contributed by atoms with Crippen molar-refractivity contribution in [2.45, 2.75) is 76.9 Å². The van der Waals surface area contributed by atoms with Gasteiger partial charge in [-0.15, -0.1) is 0 Å². The van der Waals surface area contributed by atoms with Crippen LogP contribution in [0.4, 0.5) is 5.69 Å². The van der Waals surface area contributed by atoms with Crippen LogP contribution in [-0.4, -0.2) is 52.8 Å². The highest BCUT2D eigenvalue weighted by atomic mass is 16.5. The van der Waals surface area contributed by atoms with Crippen LogP contribution in [0.5, 0.6) is 5.75 Å². The molecule has 1 saturated heterocycles. The van der Waals surface area contributed by atoms with Gasteiger partial charge in [-0.1, -0.05) is 19.3 Å². The van der Waals surface area contributed by atoms with Crippen LogP contribution < -0.4 is 10.1 Å². The third-order valence-corrected chi connectivity index (χ3v) is 6.64. The summed E-state index contributed by atoms with van der Waals surface area (Å²) in [6, 6.07) is 6.23. The van der Waals surface area contributed by atoms with Crippen molar-refractivity contribution in [2.75, 3.05) is 13.7 Å². The average molecular weight is 413 g/mol. The molecule has 2 heterocycles. The molecule has 3 aliphatic rings. The molecule has 0 radical (unpaired) electrons. The summed E-state index contributed by atoms with van der Waals surface area (Å²) < 4.78 is 5.91. The van der Waals surface area contributed by atoms with E-state index in [-0.39, 0.29) is 11.8 Å². The second kappa shape index (κ2) is 8.28. The third-order valence-electron chi connectivity index (χ3n) is 6.64. The van der Waals surface area contributed by atoms with Crippen LogP contribution >= 0.6 is 0 Å². The number of hydrogen-bond acceptors (Lipinski definition) is 5. The van der Waals surface area contributed by atoms with Crippen molar-refractivity contribution < 1.29 is 14.3 Å². The molecule has 1 aromatic carbocycles. The Bertz CT molecular complexity index is 858. The molecule has 1 N–H and O–H groups in total. The fourth-order valence-electron chi connectivity index (χ4n) is 4.50. The molecule has 4 rings (SSSR count). The first-order valence-corrected chi connectivity index (χ1v) is 11.1. The summed E-state index contributed by atoms with van der Waals surface area (Å²) in [7, 11) is 1.94. The number of nitrogens with one attached hydrogen (secondary N) is 1. The Hall–Kier alpha value is -2.57. The van der Waals surface area contributed by atoms with Gasteiger partial charge in [-0.3, -0.25) is 14.9 Å². The van der Waals surface area contributed by atoms with E-state index in [2.05, 4.69) is 10.3 Å². The summed E-state index contributed by atoms with van der Waals surface area (Å²) in [6.45, 7) is 4.92. The van der Waals surface area contributed by atoms with Crippen molar-refractivity contribution >= 4 is 23.5 Å². The number of nitrogens with zero attached hydrogens (tertiary/aromatic N) is 3. The number of fused-ring (bicyclic) bond motifs is 2. The fourth-order valence-corrected chi connectivity index (χ4v) is 4.50. The first kappa shape index (κ1) is 20.7. The zero-order valence-corrected chi connectivity index (χ0v) is 18.2. The zero-order valence-electron chi connectivity index (χ0n) is 18.2. The van der Waals surface area contributed by atoms with Gasteiger partial charge in [0, 0.05) is 31.6 Å². The molecule has 1 saturated carbocycles. The van der Waals surface area contributed by atoms with Crippen molar-refractivity contribution in [1.82, 2.24) is 15.1 Å². The summed E-state index contributed by atoms with van der Waals surface area (Å²) in [4.78, 5) is 33.1. The fraction of sp³-hybridized carbons (Fsp3) is 0.609. The molecule has 0 spiro atoms. The Balaban J connectivity index is 1.29. The van der Waals surface area contributed by atoms with Crippen LogP contribution in [0.1, 0.15) is 64.4 Å². The smallest absolute Gasteiger partial charge is 0.252 e. The van der Waals surface area contributed by atoms with E-state index in [4.69, 9.17) is 4.74 Å². The van der Waals surface area contributed by atoms with Crippen molar-refractivity contribution in [1.29, 1.82) is 0 Å². The molecule has 0 atom stereocenters. The Kier molecular flexibility index (Phi) is 5.71. The average Bonchev–Trinajstić information content (AvgIpc) is 2.97. The SMILES string of the molecule is CN(C(=O)CCCOc1ccc2c(c1)CN1C(=N2)NC(=O)C1(C)C)C1CCCCC1. The van der Waals surface area contributed by atoms with E-state index < -0.39 is 5.54 Å². The molecular formula is C23H32N4O3. The van der Waals surface area contributed by atoms with Crippen molar-refractivity contribution in [2.24, 2.45) is 4.99 Å². The highest BCUT2D eigenvalue weighted by Crippen LogP contribution is 2.35. The van der Waals surface area contributed by atoms with E-state index in [1.807, 2.05) is 48.9 Å². The molecule has 0 bridgehead atoms. The summed E-state index contributed by atoms with van der Waals surface area (Å²) >= 11 is 0. The molecule has 1 aromatic rings. The maximum Gasteiger partial charge on any atom is 0.252 e. The van der Waals surface area contributed by atoms with Crippen molar-refractivity contribution in [3.63, 3.8) is 0 Å². The molecular weight excluding hydrogens is 380 g/mol. The van der Waals surface area contributed by atoms with E-state index in [0.29, 0.717) is 38.0 Å². The lowest BCUT2D eigenvalue weighted by Gasteiger charge is -2.32. The Labute approximate surface area is 178 Å². The van der Waals surface area contributed by atoms with Crippen LogP contribution in [0.15, 0.2) is 23.2 Å². The van der Waals surface area contributed by atoms with Gasteiger partial charge in [0.1, 0.15) is 11.3 Å². The quantitative estimate of drug-likeness (QED) is 0.727. The maximum atomic E-state index is 12.5. The number of rotatable bonds is 6. The standard InChI is InChI=1S/C23H32N4O3/c1-23(2)21(29)25-22-24-19-12-11-18(14-16(19)15-27(22)23)30-13-7-10-20(28)26(3)17-8-5-4-6-9-17/h11-12,14,17H,4-10,13,15H2,1-3H3,(H,24,25,29). The molecule has 0 aromatic heterocycles. The number of guanidine groups is 1. The third kappa shape index (κ3) is 4.02. The van der Waals surface area contributed by atoms with Gasteiger partial charge in [-0.25, -0.2) is 4.99 Å². The second-order valence-electron chi connectivity index (χ2n) is 9.07. The summed E-state index contributed by atoms with van der Waals surface area (Å²) in [5.41, 5.74) is 1.28. The number of carbonyl (C=O) groups excluding carboxylic acids is 2. The minimum atomic E-state index is -0.613. The first-order chi connectivity index (χ1) is 14.4. The van der Waals surface area contributed by atoms with Gasteiger partial charge < -0.3 is 14.5 Å². The summed E-state index contributed by atoms with van der Waals surface area (Å²) in [6.07, 6.45) is 7.23. The van der Waals surface area contributed by atoms with Crippen LogP contribution in [0.3, 0.4) is 0 Å². The number of benzene rings is 1. The van der Waals surface area contributed by atoms with E-state index >= 15 is 0 Å². The van der Waals surface area contributed by atoms with E-state index in [0.717, 1.165) is 29.8 Å². The molecule has 2 amide bonds. The van der Waals surface area contributed by atoms with Gasteiger partial charge in [0.2, 0.25) is 11.9 Å². The molecule has 2 fully saturated rings. The van der Waals surface area contributed by atoms with E-state index in [1.165, 1.54) is 19.3 Å². The highest BCUT2D eigenvalue weighted by Gasteiger charge is 2.45. The van der Waals surface area contributed by atoms with Gasteiger partial charge in [0.25, 0.3) is 5.91 Å². The lowest BCUT2D eigenvalue weighted by atomic mass is 9.94. The predicted molar refractivity (Wildman–Crippen MR) is 116 cm³/mol. The zero-order chi connectivity index (χ0) is 21.3. The van der Waals surface area contributed by atoms with Gasteiger partial charge in [0.15, 0.2) is 0 Å². The minimum absolute atomic E-state index is 0.0339. The topological polar surface area (TPSA) is 74.2 Å². The first-order valence-electron chi connectivity index (χ1n) is 11.1. The largest absolute Gasteiger partial charge is 0.494 e. The second-order valence-corrected chi connectivity index (χ2v) is 9.07. The summed E-state index contributed by atoms with van der Waals surface area (Å²) in [5, 5.41) is 2.86. The van der Waals surface area contributed by atoms with E-state index in [9.17, 15) is 9.59 Å². The molecule has 7 heteroatoms. The molecule has 7 nitrogen and oxygen atoms in total.